The molecule has 0 spiro atoms. The maximum atomic E-state index is 12.3. The van der Waals surface area contributed by atoms with Crippen LogP contribution in [0.25, 0.3) is 0 Å². The largest absolute Gasteiger partial charge is 0.490 e. The number of ether oxygens (including phenoxy) is 1. The van der Waals surface area contributed by atoms with Gasteiger partial charge >= 0.3 is 0 Å². The summed E-state index contributed by atoms with van der Waals surface area (Å²) in [6.07, 6.45) is 10.5. The number of aromatic nitrogens is 4. The van der Waals surface area contributed by atoms with Crippen LogP contribution in [0.1, 0.15) is 64.0 Å². The minimum absolute atomic E-state index is 0.0713. The first kappa shape index (κ1) is 31.2. The Morgan fingerprint density at radius 1 is 1.05 bits per heavy atom. The number of aromatic amines is 1. The van der Waals surface area contributed by atoms with Gasteiger partial charge in [0.1, 0.15) is 0 Å². The molecule has 2 N–H and O–H groups in total. The lowest BCUT2D eigenvalue weighted by atomic mass is 9.74. The first-order valence-corrected chi connectivity index (χ1v) is 18.4. The van der Waals surface area contributed by atoms with Crippen LogP contribution in [0.15, 0.2) is 45.3 Å². The Hall–Kier alpha value is -2.83. The highest BCUT2D eigenvalue weighted by Crippen LogP contribution is 2.42. The number of hydrogen-bond acceptors (Lipinski definition) is 10. The zero-order chi connectivity index (χ0) is 30.8. The second kappa shape index (κ2) is 13.3. The van der Waals surface area contributed by atoms with Crippen molar-refractivity contribution in [2.24, 2.45) is 11.8 Å². The molecule has 12 heteroatoms. The summed E-state index contributed by atoms with van der Waals surface area (Å²) in [5, 5.41) is 11.2. The fraction of sp³-hybridized carbons (Fsp3) is 0.594. The molecule has 3 aromatic rings. The number of methoxy groups -OCH3 is 1. The molecule has 2 atom stereocenters. The fourth-order valence-corrected chi connectivity index (χ4v) is 8.95. The van der Waals surface area contributed by atoms with Crippen LogP contribution in [0.5, 0.6) is 5.75 Å². The first-order valence-electron chi connectivity index (χ1n) is 15.9. The van der Waals surface area contributed by atoms with Crippen LogP contribution in [0, 0.1) is 18.8 Å². The summed E-state index contributed by atoms with van der Waals surface area (Å²) >= 11 is 1.40. The smallest absolute Gasteiger partial charge is 0.204 e. The Morgan fingerprint density at radius 3 is 2.36 bits per heavy atom. The number of hydrogen-bond donors (Lipinski definition) is 2. The molecule has 0 radical (unpaired) electrons. The van der Waals surface area contributed by atoms with E-state index in [4.69, 9.17) is 14.7 Å². The highest BCUT2D eigenvalue weighted by Gasteiger charge is 2.37. The van der Waals surface area contributed by atoms with E-state index >= 15 is 0 Å². The third-order valence-corrected chi connectivity index (χ3v) is 12.4. The topological polar surface area (TPSA) is 116 Å². The average molecular weight is 640 g/mol. The summed E-state index contributed by atoms with van der Waals surface area (Å²) < 4.78 is 30.5. The molecular formula is C32H45N7O3S2. The van der Waals surface area contributed by atoms with E-state index in [1.807, 2.05) is 25.1 Å². The van der Waals surface area contributed by atoms with Gasteiger partial charge in [0.05, 0.1) is 17.8 Å². The fourth-order valence-electron chi connectivity index (χ4n) is 7.31. The number of H-pyrrole nitrogens is 1. The number of sulfone groups is 1. The molecule has 2 bridgehead atoms. The second-order valence-corrected chi connectivity index (χ2v) is 16.0. The van der Waals surface area contributed by atoms with Crippen molar-refractivity contribution in [1.82, 2.24) is 25.1 Å². The molecule has 238 valence electrons. The molecule has 0 saturated carbocycles. The molecule has 3 fully saturated rings. The van der Waals surface area contributed by atoms with Gasteiger partial charge in [-0.25, -0.2) is 18.4 Å². The molecule has 10 nitrogen and oxygen atoms in total. The van der Waals surface area contributed by atoms with E-state index in [0.717, 1.165) is 66.3 Å². The molecule has 44 heavy (non-hydrogen) atoms. The summed E-state index contributed by atoms with van der Waals surface area (Å²) in [5.41, 5.74) is 0.938. The Kier molecular flexibility index (Phi) is 9.39. The predicted octanol–water partition coefficient (Wildman–Crippen LogP) is 6.07. The monoisotopic (exact) mass is 639 g/mol. The number of fused-ring (bicyclic) bond motifs is 2. The minimum Gasteiger partial charge on any atom is -0.490 e. The van der Waals surface area contributed by atoms with Gasteiger partial charge in [0.15, 0.2) is 32.4 Å². The van der Waals surface area contributed by atoms with Crippen LogP contribution in [-0.4, -0.2) is 78.6 Å². The lowest BCUT2D eigenvalue weighted by molar-refractivity contribution is 0.0282. The maximum Gasteiger partial charge on any atom is 0.204 e. The SMILES string of the molecule is CCS(=O)(=O)c1ccc(Sc2nc(Nc3cc(C)[nH]n3)c(OC)c(N3CCC(CC4CC5CCCC(C4)N5C)CC3)n2)cc1. The quantitative estimate of drug-likeness (QED) is 0.253. The van der Waals surface area contributed by atoms with Crippen molar-refractivity contribution in [3.63, 3.8) is 0 Å². The zero-order valence-electron chi connectivity index (χ0n) is 26.3. The van der Waals surface area contributed by atoms with E-state index in [2.05, 4.69) is 32.4 Å². The van der Waals surface area contributed by atoms with Gasteiger partial charge in [0, 0.05) is 41.8 Å². The number of rotatable bonds is 10. The van der Waals surface area contributed by atoms with E-state index < -0.39 is 9.84 Å². The normalized spacial score (nSPS) is 23.1. The molecular weight excluding hydrogens is 595 g/mol. The van der Waals surface area contributed by atoms with Crippen molar-refractivity contribution in [1.29, 1.82) is 0 Å². The molecule has 1 aromatic carbocycles. The standard InChI is InChI=1S/C32H45N7O3S2/c1-5-44(40,41)27-11-9-26(10-12-27)43-32-34-30(33-28-17-21(2)36-37-28)29(42-4)31(35-32)39-15-13-22(14-16-39)18-23-19-24-7-6-8-25(20-23)38(24)3/h9-12,17,22-25H,5-8,13-16,18-20H2,1-4H3,(H2,33,34,35,36,37). The molecule has 5 heterocycles. The van der Waals surface area contributed by atoms with Gasteiger partial charge in [-0.05, 0) is 107 Å². The molecule has 0 amide bonds. The van der Waals surface area contributed by atoms with Crippen molar-refractivity contribution in [2.75, 3.05) is 43.2 Å². The van der Waals surface area contributed by atoms with Crippen LogP contribution in [0.4, 0.5) is 17.5 Å². The van der Waals surface area contributed by atoms with Crippen molar-refractivity contribution in [2.45, 2.75) is 92.2 Å². The summed E-state index contributed by atoms with van der Waals surface area (Å²) in [6, 6.07) is 10.4. The van der Waals surface area contributed by atoms with E-state index in [0.29, 0.717) is 27.4 Å². The van der Waals surface area contributed by atoms with E-state index in [9.17, 15) is 8.42 Å². The van der Waals surface area contributed by atoms with Gasteiger partial charge in [-0.15, -0.1) is 0 Å². The van der Waals surface area contributed by atoms with E-state index in [-0.39, 0.29) is 5.75 Å². The van der Waals surface area contributed by atoms with Crippen LogP contribution in [-0.2, 0) is 9.84 Å². The van der Waals surface area contributed by atoms with Gasteiger partial charge in [-0.2, -0.15) is 5.10 Å². The highest BCUT2D eigenvalue weighted by molar-refractivity contribution is 7.99. The Labute approximate surface area is 265 Å². The van der Waals surface area contributed by atoms with Gasteiger partial charge < -0.3 is 19.9 Å². The maximum absolute atomic E-state index is 12.3. The number of benzene rings is 1. The van der Waals surface area contributed by atoms with Crippen LogP contribution >= 0.6 is 11.8 Å². The lowest BCUT2D eigenvalue weighted by Crippen LogP contribution is -2.50. The van der Waals surface area contributed by atoms with Crippen LogP contribution < -0.4 is 15.0 Å². The number of nitrogens with one attached hydrogen (secondary N) is 2. The zero-order valence-corrected chi connectivity index (χ0v) is 27.9. The lowest BCUT2D eigenvalue weighted by Gasteiger charge is -2.48. The minimum atomic E-state index is -3.26. The molecule has 3 aliphatic rings. The van der Waals surface area contributed by atoms with Crippen LogP contribution in [0.3, 0.4) is 0 Å². The Morgan fingerprint density at radius 2 is 1.75 bits per heavy atom. The van der Waals surface area contributed by atoms with Crippen molar-refractivity contribution < 1.29 is 13.2 Å². The third kappa shape index (κ3) is 6.87. The third-order valence-electron chi connectivity index (χ3n) is 9.77. The molecule has 0 aliphatic carbocycles. The van der Waals surface area contributed by atoms with Crippen molar-refractivity contribution in [3.05, 3.63) is 36.0 Å². The molecule has 2 unspecified atom stereocenters. The summed E-state index contributed by atoms with van der Waals surface area (Å²) in [6.45, 7) is 5.45. The van der Waals surface area contributed by atoms with E-state index in [1.165, 1.54) is 50.3 Å². The summed E-state index contributed by atoms with van der Waals surface area (Å²) in [4.78, 5) is 16.0. The molecule has 6 rings (SSSR count). The van der Waals surface area contributed by atoms with Crippen molar-refractivity contribution >= 4 is 39.1 Å². The van der Waals surface area contributed by atoms with Crippen molar-refractivity contribution in [3.8, 4) is 5.75 Å². The highest BCUT2D eigenvalue weighted by atomic mass is 32.2. The predicted molar refractivity (Wildman–Crippen MR) is 175 cm³/mol. The second-order valence-electron chi connectivity index (χ2n) is 12.7. The number of aryl methyl sites for hydroxylation is 1. The first-order chi connectivity index (χ1) is 21.2. The number of nitrogens with zero attached hydrogens (tertiary/aromatic N) is 5. The molecule has 2 aromatic heterocycles. The number of anilines is 3. The van der Waals surface area contributed by atoms with E-state index in [1.54, 1.807) is 26.2 Å². The summed E-state index contributed by atoms with van der Waals surface area (Å²) in [5.74, 6) is 4.24. The van der Waals surface area contributed by atoms with Gasteiger partial charge in [0.25, 0.3) is 0 Å². The van der Waals surface area contributed by atoms with Gasteiger partial charge in [0.2, 0.25) is 5.75 Å². The van der Waals surface area contributed by atoms with Gasteiger partial charge in [-0.3, -0.25) is 5.10 Å². The van der Waals surface area contributed by atoms with Gasteiger partial charge in [-0.1, -0.05) is 13.3 Å². The average Bonchev–Trinajstić information content (AvgIpc) is 3.42. The Balaban J connectivity index is 1.20. The molecule has 3 saturated heterocycles. The summed E-state index contributed by atoms with van der Waals surface area (Å²) in [7, 11) is 0.736. The number of piperidine rings is 3. The Bertz CT molecular complexity index is 1520. The molecule has 3 aliphatic heterocycles. The van der Waals surface area contributed by atoms with Crippen LogP contribution in [0.2, 0.25) is 0 Å².